The minimum atomic E-state index is -0.908. The maximum atomic E-state index is 14.5. The smallest absolute Gasteiger partial charge is 0.329 e. The predicted molar refractivity (Wildman–Crippen MR) is 160 cm³/mol. The number of fused-ring (bicyclic) bond motifs is 5. The summed E-state index contributed by atoms with van der Waals surface area (Å²) in [5.74, 6) is -0.830. The van der Waals surface area contributed by atoms with Crippen molar-refractivity contribution in [2.75, 3.05) is 6.54 Å². The van der Waals surface area contributed by atoms with E-state index in [4.69, 9.17) is 4.74 Å². The molecule has 2 heterocycles. The van der Waals surface area contributed by atoms with E-state index in [9.17, 15) is 19.2 Å². The number of hydrogen-bond donors (Lipinski definition) is 2. The summed E-state index contributed by atoms with van der Waals surface area (Å²) in [5.41, 5.74) is -1.22. The van der Waals surface area contributed by atoms with E-state index in [1.807, 2.05) is 41.5 Å². The van der Waals surface area contributed by atoms with Gasteiger partial charge in [0.1, 0.15) is 29.4 Å². The Morgan fingerprint density at radius 2 is 1.65 bits per heavy atom. The monoisotopic (exact) mass is 593 g/mol. The number of nitrogens with zero attached hydrogens (tertiary/aromatic N) is 3. The van der Waals surface area contributed by atoms with Crippen LogP contribution in [0.3, 0.4) is 0 Å². The van der Waals surface area contributed by atoms with Crippen molar-refractivity contribution < 1.29 is 23.9 Å². The van der Waals surface area contributed by atoms with Gasteiger partial charge in [-0.2, -0.15) is 0 Å². The molecule has 2 N–H and O–H groups in total. The van der Waals surface area contributed by atoms with Gasteiger partial charge in [-0.05, 0) is 69.1 Å². The molecule has 5 rings (SSSR count). The number of aromatic nitrogens is 2. The highest BCUT2D eigenvalue weighted by molar-refractivity contribution is 5.98. The van der Waals surface area contributed by atoms with E-state index in [0.717, 1.165) is 38.5 Å². The van der Waals surface area contributed by atoms with E-state index in [1.165, 1.54) is 18.6 Å². The molecule has 3 amide bonds. The van der Waals surface area contributed by atoms with E-state index in [-0.39, 0.29) is 41.2 Å². The highest BCUT2D eigenvalue weighted by atomic mass is 16.6. The molecule has 43 heavy (non-hydrogen) atoms. The molecule has 234 valence electrons. The lowest BCUT2D eigenvalue weighted by molar-refractivity contribution is -0.166. The van der Waals surface area contributed by atoms with Crippen molar-refractivity contribution in [2.45, 2.75) is 104 Å². The minimum absolute atomic E-state index is 0.00590. The molecule has 1 aliphatic heterocycles. The van der Waals surface area contributed by atoms with Gasteiger partial charge in [-0.3, -0.25) is 19.4 Å². The zero-order valence-electron chi connectivity index (χ0n) is 26.3. The molecule has 2 saturated carbocycles. The largest absolute Gasteiger partial charge is 0.458 e. The summed E-state index contributed by atoms with van der Waals surface area (Å²) in [7, 11) is 0. The first kappa shape index (κ1) is 31.1. The number of amides is 3. The highest BCUT2D eigenvalue weighted by Gasteiger charge is 2.59. The number of carbonyl (C=O) groups is 4. The van der Waals surface area contributed by atoms with Crippen LogP contribution in [0.2, 0.25) is 0 Å². The number of nitrogens with one attached hydrogen (secondary N) is 2. The zero-order chi connectivity index (χ0) is 31.1. The molecule has 1 aromatic heterocycles. The van der Waals surface area contributed by atoms with Gasteiger partial charge in [0.15, 0.2) is 0 Å². The van der Waals surface area contributed by atoms with E-state index in [1.54, 1.807) is 4.90 Å². The number of allylic oxidation sites excluding steroid dienone is 2. The minimum Gasteiger partial charge on any atom is -0.458 e. The van der Waals surface area contributed by atoms with Crippen LogP contribution in [0.25, 0.3) is 0 Å². The van der Waals surface area contributed by atoms with Crippen molar-refractivity contribution in [3.63, 3.8) is 0 Å². The third-order valence-electron chi connectivity index (χ3n) is 9.61. The van der Waals surface area contributed by atoms with Gasteiger partial charge in [0.25, 0.3) is 5.91 Å². The maximum Gasteiger partial charge on any atom is 0.329 e. The summed E-state index contributed by atoms with van der Waals surface area (Å²) in [4.78, 5) is 65.1. The van der Waals surface area contributed by atoms with Crippen LogP contribution in [0, 0.1) is 35.0 Å². The summed E-state index contributed by atoms with van der Waals surface area (Å²) in [5, 5.41) is 5.96. The number of esters is 1. The molecule has 3 fully saturated rings. The van der Waals surface area contributed by atoms with Gasteiger partial charge < -0.3 is 20.3 Å². The van der Waals surface area contributed by atoms with Crippen molar-refractivity contribution in [1.29, 1.82) is 0 Å². The first-order chi connectivity index (χ1) is 20.2. The van der Waals surface area contributed by atoms with Gasteiger partial charge in [-0.15, -0.1) is 0 Å². The van der Waals surface area contributed by atoms with Crippen molar-refractivity contribution >= 4 is 23.7 Å². The Labute approximate surface area is 254 Å². The normalized spacial score (nSPS) is 28.2. The first-order valence-corrected chi connectivity index (χ1v) is 15.8. The topological polar surface area (TPSA) is 131 Å². The van der Waals surface area contributed by atoms with Crippen LogP contribution in [0.4, 0.5) is 0 Å². The van der Waals surface area contributed by atoms with Crippen LogP contribution in [0.5, 0.6) is 0 Å². The quantitative estimate of drug-likeness (QED) is 0.364. The molecule has 3 aliphatic carbocycles. The molecule has 4 aliphatic rings. The summed E-state index contributed by atoms with van der Waals surface area (Å²) >= 11 is 0. The molecule has 0 aromatic carbocycles. The third-order valence-corrected chi connectivity index (χ3v) is 9.61. The lowest BCUT2D eigenvalue weighted by Gasteiger charge is -2.38. The Bertz CT molecular complexity index is 1250. The molecule has 10 nitrogen and oxygen atoms in total. The van der Waals surface area contributed by atoms with Gasteiger partial charge in [0, 0.05) is 24.9 Å². The fourth-order valence-electron chi connectivity index (χ4n) is 7.65. The van der Waals surface area contributed by atoms with Gasteiger partial charge in [0.2, 0.25) is 11.8 Å². The Hall–Kier alpha value is -3.30. The zero-order valence-corrected chi connectivity index (χ0v) is 26.3. The van der Waals surface area contributed by atoms with Crippen molar-refractivity contribution in [3.05, 3.63) is 36.4 Å². The Morgan fingerprint density at radius 3 is 2.28 bits per heavy atom. The molecular formula is C33H47N5O5. The van der Waals surface area contributed by atoms with Crippen molar-refractivity contribution in [3.8, 4) is 0 Å². The fraction of sp³-hybridized carbons (Fsp3) is 0.697. The van der Waals surface area contributed by atoms with Gasteiger partial charge in [-0.25, -0.2) is 9.78 Å². The molecule has 1 saturated heterocycles. The SMILES string of the molecule is CC(C)(C)OC(=O)C1C2C3C=CC(C3)C2CN1C(=O)C(NC(=O)C(NC(=O)c1cnccn1)C1CCCCC1)C(C)(C)C. The number of ether oxygens (including phenoxy) is 1. The van der Waals surface area contributed by atoms with Crippen LogP contribution in [0.1, 0.15) is 90.6 Å². The Kier molecular flexibility index (Phi) is 8.69. The average Bonchev–Trinajstić information content (AvgIpc) is 3.66. The second-order valence-electron chi connectivity index (χ2n) is 14.9. The highest BCUT2D eigenvalue weighted by Crippen LogP contribution is 2.54. The van der Waals surface area contributed by atoms with Gasteiger partial charge in [0.05, 0.1) is 6.20 Å². The summed E-state index contributed by atoms with van der Waals surface area (Å²) in [6.45, 7) is 11.7. The van der Waals surface area contributed by atoms with E-state index in [0.29, 0.717) is 12.5 Å². The number of carbonyl (C=O) groups excluding carboxylic acids is 4. The molecule has 1 aromatic rings. The number of hydrogen-bond acceptors (Lipinski definition) is 7. The van der Waals surface area contributed by atoms with E-state index >= 15 is 0 Å². The number of rotatable bonds is 7. The third kappa shape index (κ3) is 6.63. The summed E-state index contributed by atoms with van der Waals surface area (Å²) < 4.78 is 5.86. The molecule has 0 radical (unpaired) electrons. The fourth-order valence-corrected chi connectivity index (χ4v) is 7.65. The number of likely N-dealkylation sites (tertiary alicyclic amines) is 1. The molecule has 7 atom stereocenters. The van der Waals surface area contributed by atoms with Crippen molar-refractivity contribution in [2.24, 2.45) is 35.0 Å². The summed E-state index contributed by atoms with van der Waals surface area (Å²) in [6, 6.07) is -2.44. The van der Waals surface area contributed by atoms with Crippen molar-refractivity contribution in [1.82, 2.24) is 25.5 Å². The van der Waals surface area contributed by atoms with Crippen LogP contribution < -0.4 is 10.6 Å². The van der Waals surface area contributed by atoms with Crippen LogP contribution >= 0.6 is 0 Å². The molecular weight excluding hydrogens is 546 g/mol. The summed E-state index contributed by atoms with van der Waals surface area (Å²) in [6.07, 6.45) is 14.4. The molecule has 2 bridgehead atoms. The molecule has 0 spiro atoms. The lowest BCUT2D eigenvalue weighted by Crippen LogP contribution is -2.61. The van der Waals surface area contributed by atoms with Crippen LogP contribution in [-0.4, -0.2) is 68.8 Å². The predicted octanol–water partition coefficient (Wildman–Crippen LogP) is 3.68. The second-order valence-corrected chi connectivity index (χ2v) is 14.9. The Balaban J connectivity index is 1.40. The molecule has 7 unspecified atom stereocenters. The van der Waals surface area contributed by atoms with Crippen LogP contribution in [0.15, 0.2) is 30.7 Å². The maximum absolute atomic E-state index is 14.5. The standard InChI is InChI=1S/C33H47N5O5/c1-32(2,3)27(37-29(40)25(19-10-8-7-9-11-19)36-28(39)23-17-34-14-15-35-23)30(41)38-18-22-20-12-13-21(16-20)24(22)26(38)31(42)43-33(4,5)6/h12-15,17,19-22,24-27H,7-11,16,18H2,1-6H3,(H,36,39)(H,37,40). The van der Waals surface area contributed by atoms with E-state index < -0.39 is 41.0 Å². The second kappa shape index (κ2) is 12.0. The van der Waals surface area contributed by atoms with Crippen LogP contribution in [-0.2, 0) is 19.1 Å². The first-order valence-electron chi connectivity index (χ1n) is 15.8. The average molecular weight is 594 g/mol. The lowest BCUT2D eigenvalue weighted by atomic mass is 9.81. The van der Waals surface area contributed by atoms with Gasteiger partial charge >= 0.3 is 5.97 Å². The molecule has 10 heteroatoms. The van der Waals surface area contributed by atoms with E-state index in [2.05, 4.69) is 32.8 Å². The van der Waals surface area contributed by atoms with Gasteiger partial charge in [-0.1, -0.05) is 52.2 Å². The Morgan fingerprint density at radius 1 is 0.953 bits per heavy atom.